The van der Waals surface area contributed by atoms with Gasteiger partial charge in [-0.3, -0.25) is 11.3 Å². The summed E-state index contributed by atoms with van der Waals surface area (Å²) in [5.41, 5.74) is 4.00. The van der Waals surface area contributed by atoms with E-state index in [0.29, 0.717) is 13.2 Å². The van der Waals surface area contributed by atoms with Gasteiger partial charge in [-0.2, -0.15) is 0 Å². The number of hydrazine groups is 1. The van der Waals surface area contributed by atoms with Crippen LogP contribution in [0.1, 0.15) is 45.2 Å². The van der Waals surface area contributed by atoms with Crippen LogP contribution >= 0.6 is 0 Å². The molecule has 0 aliphatic carbocycles. The van der Waals surface area contributed by atoms with E-state index in [-0.39, 0.29) is 12.1 Å². The maximum atomic E-state index is 5.79. The standard InChI is InChI=1S/C15H26N2O2/c1-4-7-14(19-6-3)15(17-16)12-8-10-13(11-9-12)18-5-2/h8-11,14-15,17H,4-7,16H2,1-3H3. The Hall–Kier alpha value is -1.10. The van der Waals surface area contributed by atoms with Crippen LogP contribution in [0.25, 0.3) is 0 Å². The van der Waals surface area contributed by atoms with Crippen molar-refractivity contribution >= 4 is 0 Å². The zero-order valence-corrected chi connectivity index (χ0v) is 12.2. The highest BCUT2D eigenvalue weighted by Crippen LogP contribution is 2.24. The maximum absolute atomic E-state index is 5.79. The lowest BCUT2D eigenvalue weighted by molar-refractivity contribution is 0.0276. The van der Waals surface area contributed by atoms with E-state index in [9.17, 15) is 0 Å². The van der Waals surface area contributed by atoms with Gasteiger partial charge in [-0.15, -0.1) is 0 Å². The summed E-state index contributed by atoms with van der Waals surface area (Å²) in [6.45, 7) is 7.51. The third-order valence-corrected chi connectivity index (χ3v) is 3.06. The molecular formula is C15H26N2O2. The Bertz CT molecular complexity index is 335. The highest BCUT2D eigenvalue weighted by Gasteiger charge is 2.21. The predicted octanol–water partition coefficient (Wildman–Crippen LogP) is 2.79. The average Bonchev–Trinajstić information content (AvgIpc) is 2.42. The van der Waals surface area contributed by atoms with Crippen molar-refractivity contribution in [2.45, 2.75) is 45.8 Å². The van der Waals surface area contributed by atoms with Gasteiger partial charge in [0.05, 0.1) is 18.8 Å². The molecule has 0 radical (unpaired) electrons. The van der Waals surface area contributed by atoms with E-state index < -0.39 is 0 Å². The molecule has 1 aromatic carbocycles. The molecule has 108 valence electrons. The van der Waals surface area contributed by atoms with Crippen molar-refractivity contribution in [3.05, 3.63) is 29.8 Å². The van der Waals surface area contributed by atoms with Crippen LogP contribution in [0.4, 0.5) is 0 Å². The number of hydrogen-bond acceptors (Lipinski definition) is 4. The van der Waals surface area contributed by atoms with Crippen molar-refractivity contribution < 1.29 is 9.47 Å². The fourth-order valence-corrected chi connectivity index (χ4v) is 2.20. The molecule has 0 spiro atoms. The average molecular weight is 266 g/mol. The third-order valence-electron chi connectivity index (χ3n) is 3.06. The molecule has 2 unspecified atom stereocenters. The predicted molar refractivity (Wildman–Crippen MR) is 78.0 cm³/mol. The molecule has 3 N–H and O–H groups in total. The summed E-state index contributed by atoms with van der Waals surface area (Å²) in [5, 5.41) is 0. The molecule has 0 aromatic heterocycles. The van der Waals surface area contributed by atoms with E-state index in [0.717, 1.165) is 24.2 Å². The fourth-order valence-electron chi connectivity index (χ4n) is 2.20. The van der Waals surface area contributed by atoms with Crippen molar-refractivity contribution in [3.8, 4) is 5.75 Å². The molecule has 1 rings (SSSR count). The highest BCUT2D eigenvalue weighted by atomic mass is 16.5. The lowest BCUT2D eigenvalue weighted by atomic mass is 9.98. The van der Waals surface area contributed by atoms with Crippen LogP contribution < -0.4 is 16.0 Å². The van der Waals surface area contributed by atoms with Crippen LogP contribution in [0.5, 0.6) is 5.75 Å². The third kappa shape index (κ3) is 4.82. The summed E-state index contributed by atoms with van der Waals surface area (Å²) in [4.78, 5) is 0. The maximum Gasteiger partial charge on any atom is 0.119 e. The van der Waals surface area contributed by atoms with Crippen LogP contribution in [-0.4, -0.2) is 19.3 Å². The van der Waals surface area contributed by atoms with Crippen molar-refractivity contribution in [1.82, 2.24) is 5.43 Å². The number of nitrogens with one attached hydrogen (secondary N) is 1. The van der Waals surface area contributed by atoms with Crippen molar-refractivity contribution in [2.24, 2.45) is 5.84 Å². The van der Waals surface area contributed by atoms with Gasteiger partial charge in [-0.05, 0) is 38.0 Å². The minimum absolute atomic E-state index is 0.00979. The van der Waals surface area contributed by atoms with Crippen molar-refractivity contribution in [3.63, 3.8) is 0 Å². The van der Waals surface area contributed by atoms with Crippen molar-refractivity contribution in [1.29, 1.82) is 0 Å². The van der Waals surface area contributed by atoms with E-state index in [1.165, 1.54) is 0 Å². The summed E-state index contributed by atoms with van der Waals surface area (Å²) < 4.78 is 11.2. The summed E-state index contributed by atoms with van der Waals surface area (Å²) in [7, 11) is 0. The molecule has 0 fully saturated rings. The molecule has 0 aliphatic rings. The second-order valence-corrected chi connectivity index (χ2v) is 4.43. The van der Waals surface area contributed by atoms with E-state index in [1.54, 1.807) is 0 Å². The first-order valence-corrected chi connectivity index (χ1v) is 7.07. The number of benzene rings is 1. The molecule has 4 nitrogen and oxygen atoms in total. The molecular weight excluding hydrogens is 240 g/mol. The second kappa shape index (κ2) is 8.91. The monoisotopic (exact) mass is 266 g/mol. The van der Waals surface area contributed by atoms with E-state index >= 15 is 0 Å². The summed E-state index contributed by atoms with van der Waals surface area (Å²) in [5.74, 6) is 6.58. The minimum Gasteiger partial charge on any atom is -0.494 e. The smallest absolute Gasteiger partial charge is 0.119 e. The summed E-state index contributed by atoms with van der Waals surface area (Å²) >= 11 is 0. The Balaban J connectivity index is 2.81. The first-order chi connectivity index (χ1) is 9.26. The Morgan fingerprint density at radius 1 is 1.11 bits per heavy atom. The van der Waals surface area contributed by atoms with E-state index in [2.05, 4.69) is 12.3 Å². The largest absolute Gasteiger partial charge is 0.494 e. The number of rotatable bonds is 9. The summed E-state index contributed by atoms with van der Waals surface area (Å²) in [6, 6.07) is 8.03. The molecule has 0 aliphatic heterocycles. The molecule has 0 saturated heterocycles. The molecule has 2 atom stereocenters. The lowest BCUT2D eigenvalue weighted by Gasteiger charge is -2.26. The highest BCUT2D eigenvalue weighted by molar-refractivity contribution is 5.29. The van der Waals surface area contributed by atoms with Crippen LogP contribution in [0, 0.1) is 0 Å². The van der Waals surface area contributed by atoms with Gasteiger partial charge in [-0.1, -0.05) is 25.5 Å². The second-order valence-electron chi connectivity index (χ2n) is 4.43. The van der Waals surface area contributed by atoms with E-state index in [1.807, 2.05) is 38.1 Å². The lowest BCUT2D eigenvalue weighted by Crippen LogP contribution is -2.38. The van der Waals surface area contributed by atoms with E-state index in [4.69, 9.17) is 15.3 Å². The van der Waals surface area contributed by atoms with Crippen LogP contribution in [0.15, 0.2) is 24.3 Å². The Morgan fingerprint density at radius 2 is 1.79 bits per heavy atom. The van der Waals surface area contributed by atoms with Crippen LogP contribution in [0.2, 0.25) is 0 Å². The minimum atomic E-state index is 0.00979. The topological polar surface area (TPSA) is 56.5 Å². The van der Waals surface area contributed by atoms with Gasteiger partial charge in [0.2, 0.25) is 0 Å². The SMILES string of the molecule is CCCC(OCC)C(NN)c1ccc(OCC)cc1. The van der Waals surface area contributed by atoms with Gasteiger partial charge in [0, 0.05) is 6.61 Å². The Labute approximate surface area is 116 Å². The van der Waals surface area contributed by atoms with Gasteiger partial charge in [0.15, 0.2) is 0 Å². The van der Waals surface area contributed by atoms with Crippen molar-refractivity contribution in [2.75, 3.05) is 13.2 Å². The molecule has 19 heavy (non-hydrogen) atoms. The van der Waals surface area contributed by atoms with Gasteiger partial charge in [-0.25, -0.2) is 0 Å². The first-order valence-electron chi connectivity index (χ1n) is 7.07. The molecule has 1 aromatic rings. The normalized spacial score (nSPS) is 14.1. The molecule has 0 saturated carbocycles. The number of nitrogens with two attached hydrogens (primary N) is 1. The summed E-state index contributed by atoms with van der Waals surface area (Å²) in [6.07, 6.45) is 2.15. The fraction of sp³-hybridized carbons (Fsp3) is 0.600. The van der Waals surface area contributed by atoms with Gasteiger partial charge < -0.3 is 9.47 Å². The molecule has 4 heteroatoms. The first kappa shape index (κ1) is 16.0. The number of ether oxygens (including phenoxy) is 2. The van der Waals surface area contributed by atoms with Crippen LogP contribution in [0.3, 0.4) is 0 Å². The zero-order chi connectivity index (χ0) is 14.1. The number of hydrogen-bond donors (Lipinski definition) is 2. The van der Waals surface area contributed by atoms with Gasteiger partial charge in [0.1, 0.15) is 5.75 Å². The van der Waals surface area contributed by atoms with Gasteiger partial charge >= 0.3 is 0 Å². The zero-order valence-electron chi connectivity index (χ0n) is 12.2. The van der Waals surface area contributed by atoms with Crippen LogP contribution in [-0.2, 0) is 4.74 Å². The Morgan fingerprint density at radius 3 is 2.26 bits per heavy atom. The van der Waals surface area contributed by atoms with Gasteiger partial charge in [0.25, 0.3) is 0 Å². The molecule has 0 heterocycles. The molecule has 0 bridgehead atoms. The Kier molecular flexibility index (Phi) is 7.48. The molecule has 0 amide bonds. The quantitative estimate of drug-likeness (QED) is 0.533.